The van der Waals surface area contributed by atoms with E-state index in [2.05, 4.69) is 5.32 Å². The highest BCUT2D eigenvalue weighted by atomic mass is 16.3. The third-order valence-electron chi connectivity index (χ3n) is 3.15. The van der Waals surface area contributed by atoms with Crippen molar-refractivity contribution in [3.05, 3.63) is 72.3 Å². The van der Waals surface area contributed by atoms with E-state index in [1.807, 2.05) is 67.7 Å². The highest BCUT2D eigenvalue weighted by Gasteiger charge is 2.02. The van der Waals surface area contributed by atoms with Gasteiger partial charge in [0.1, 0.15) is 5.75 Å². The molecular formula is C18H18N2O. The molecule has 0 saturated heterocycles. The fourth-order valence-corrected chi connectivity index (χ4v) is 2.04. The lowest BCUT2D eigenvalue weighted by molar-refractivity contribution is 0.475. The first-order valence-corrected chi connectivity index (χ1v) is 6.70. The molecule has 0 unspecified atom stereocenters. The maximum Gasteiger partial charge on any atom is 0.124 e. The molecule has 0 heterocycles. The number of anilines is 1. The van der Waals surface area contributed by atoms with Crippen LogP contribution in [0.4, 0.5) is 5.69 Å². The summed E-state index contributed by atoms with van der Waals surface area (Å²) in [6, 6.07) is 21.2. The minimum atomic E-state index is 0.161. The average molecular weight is 278 g/mol. The van der Waals surface area contributed by atoms with Crippen LogP contribution in [0.3, 0.4) is 0 Å². The Morgan fingerprint density at radius 3 is 2.19 bits per heavy atom. The van der Waals surface area contributed by atoms with Crippen LogP contribution in [0.25, 0.3) is 10.8 Å². The monoisotopic (exact) mass is 278 g/mol. The summed E-state index contributed by atoms with van der Waals surface area (Å²) in [5.74, 6) is 0.161. The summed E-state index contributed by atoms with van der Waals surface area (Å²) in [5, 5.41) is 21.6. The Balaban J connectivity index is 0.000000173. The zero-order chi connectivity index (χ0) is 15.1. The molecule has 0 atom stereocenters. The van der Waals surface area contributed by atoms with E-state index in [4.69, 9.17) is 5.41 Å². The lowest BCUT2D eigenvalue weighted by atomic mass is 10.0. The molecule has 0 aliphatic rings. The summed E-state index contributed by atoms with van der Waals surface area (Å²) in [6.07, 6.45) is 1.18. The van der Waals surface area contributed by atoms with E-state index in [0.29, 0.717) is 5.56 Å². The molecule has 0 spiro atoms. The molecule has 0 bridgehead atoms. The van der Waals surface area contributed by atoms with Crippen molar-refractivity contribution in [2.75, 3.05) is 12.4 Å². The Kier molecular flexibility index (Phi) is 4.94. The second-order valence-electron chi connectivity index (χ2n) is 4.48. The van der Waals surface area contributed by atoms with Gasteiger partial charge in [0.2, 0.25) is 0 Å². The van der Waals surface area contributed by atoms with E-state index in [9.17, 15) is 5.11 Å². The first-order valence-electron chi connectivity index (χ1n) is 6.70. The Morgan fingerprint density at radius 1 is 0.905 bits per heavy atom. The SMILES string of the molecule is CNc1ccccc1.N=Cc1c(O)ccc2ccccc12. The van der Waals surface area contributed by atoms with Crippen molar-refractivity contribution in [1.29, 1.82) is 5.41 Å². The van der Waals surface area contributed by atoms with Gasteiger partial charge in [-0.3, -0.25) is 0 Å². The summed E-state index contributed by atoms with van der Waals surface area (Å²) in [6.45, 7) is 0. The van der Waals surface area contributed by atoms with Crippen LogP contribution >= 0.6 is 0 Å². The summed E-state index contributed by atoms with van der Waals surface area (Å²) >= 11 is 0. The van der Waals surface area contributed by atoms with Crippen LogP contribution in [-0.4, -0.2) is 18.4 Å². The van der Waals surface area contributed by atoms with Crippen molar-refractivity contribution in [3.8, 4) is 5.75 Å². The standard InChI is InChI=1S/C11H9NO.C7H9N/c12-7-10-9-4-2-1-3-8(9)5-6-11(10)13;1-8-7-5-3-2-4-6-7/h1-7,12-13H;2-6,8H,1H3. The van der Waals surface area contributed by atoms with Crippen LogP contribution < -0.4 is 5.32 Å². The van der Waals surface area contributed by atoms with Crippen LogP contribution in [0.1, 0.15) is 5.56 Å². The summed E-state index contributed by atoms with van der Waals surface area (Å²) in [4.78, 5) is 0. The molecule has 0 fully saturated rings. The van der Waals surface area contributed by atoms with E-state index in [1.165, 1.54) is 6.21 Å². The molecule has 0 aliphatic carbocycles. The van der Waals surface area contributed by atoms with Crippen LogP contribution in [0.15, 0.2) is 66.7 Å². The maximum absolute atomic E-state index is 9.46. The number of benzene rings is 3. The van der Waals surface area contributed by atoms with E-state index in [0.717, 1.165) is 16.5 Å². The van der Waals surface area contributed by atoms with Gasteiger partial charge >= 0.3 is 0 Å². The predicted octanol–water partition coefficient (Wildman–Crippen LogP) is 4.27. The molecular weight excluding hydrogens is 260 g/mol. The van der Waals surface area contributed by atoms with Crippen molar-refractivity contribution in [2.45, 2.75) is 0 Å². The second-order valence-corrected chi connectivity index (χ2v) is 4.48. The number of nitrogens with one attached hydrogen (secondary N) is 2. The van der Waals surface area contributed by atoms with Crippen LogP contribution in [-0.2, 0) is 0 Å². The van der Waals surface area contributed by atoms with E-state index in [-0.39, 0.29) is 5.75 Å². The Morgan fingerprint density at radius 2 is 1.57 bits per heavy atom. The summed E-state index contributed by atoms with van der Waals surface area (Å²) < 4.78 is 0. The Bertz CT molecular complexity index is 724. The molecule has 3 aromatic carbocycles. The Hall–Kier alpha value is -2.81. The largest absolute Gasteiger partial charge is 0.507 e. The molecule has 0 saturated carbocycles. The zero-order valence-corrected chi connectivity index (χ0v) is 11.9. The van der Waals surface area contributed by atoms with E-state index < -0.39 is 0 Å². The van der Waals surface area contributed by atoms with Gasteiger partial charge in [0.25, 0.3) is 0 Å². The van der Waals surface area contributed by atoms with Gasteiger partial charge in [-0.15, -0.1) is 0 Å². The highest BCUT2D eigenvalue weighted by Crippen LogP contribution is 2.24. The van der Waals surface area contributed by atoms with Crippen molar-refractivity contribution < 1.29 is 5.11 Å². The molecule has 3 aromatic rings. The third-order valence-corrected chi connectivity index (χ3v) is 3.15. The van der Waals surface area contributed by atoms with Crippen molar-refractivity contribution in [1.82, 2.24) is 0 Å². The van der Waals surface area contributed by atoms with Gasteiger partial charge in [0.15, 0.2) is 0 Å². The molecule has 21 heavy (non-hydrogen) atoms. The molecule has 0 radical (unpaired) electrons. The number of fused-ring (bicyclic) bond motifs is 1. The highest BCUT2D eigenvalue weighted by molar-refractivity contribution is 6.01. The Labute approximate surface area is 124 Å². The predicted molar refractivity (Wildman–Crippen MR) is 89.5 cm³/mol. The molecule has 3 rings (SSSR count). The van der Waals surface area contributed by atoms with Crippen molar-refractivity contribution in [3.63, 3.8) is 0 Å². The first kappa shape index (κ1) is 14.6. The van der Waals surface area contributed by atoms with Gasteiger partial charge in [-0.1, -0.05) is 48.5 Å². The molecule has 3 N–H and O–H groups in total. The smallest absolute Gasteiger partial charge is 0.124 e. The third kappa shape index (κ3) is 3.60. The normalized spacial score (nSPS) is 9.57. The van der Waals surface area contributed by atoms with Gasteiger partial charge in [-0.25, -0.2) is 0 Å². The number of phenols is 1. The quantitative estimate of drug-likeness (QED) is 0.613. The number of hydrogen-bond acceptors (Lipinski definition) is 3. The molecule has 0 amide bonds. The van der Waals surface area contributed by atoms with Gasteiger partial charge in [-0.05, 0) is 29.0 Å². The lowest BCUT2D eigenvalue weighted by Crippen LogP contribution is -1.84. The average Bonchev–Trinajstić information content (AvgIpc) is 2.56. The number of hydrogen-bond donors (Lipinski definition) is 3. The minimum absolute atomic E-state index is 0.161. The van der Waals surface area contributed by atoms with Crippen LogP contribution in [0.5, 0.6) is 5.75 Å². The molecule has 0 aliphatic heterocycles. The maximum atomic E-state index is 9.46. The van der Waals surface area contributed by atoms with Gasteiger partial charge in [0.05, 0.1) is 0 Å². The van der Waals surface area contributed by atoms with Gasteiger partial charge < -0.3 is 15.8 Å². The first-order chi connectivity index (χ1) is 10.3. The molecule has 0 aromatic heterocycles. The minimum Gasteiger partial charge on any atom is -0.507 e. The topological polar surface area (TPSA) is 56.1 Å². The van der Waals surface area contributed by atoms with E-state index >= 15 is 0 Å². The summed E-state index contributed by atoms with van der Waals surface area (Å²) in [5.41, 5.74) is 1.74. The van der Waals surface area contributed by atoms with Crippen molar-refractivity contribution in [2.24, 2.45) is 0 Å². The fraction of sp³-hybridized carbons (Fsp3) is 0.0556. The fourth-order valence-electron chi connectivity index (χ4n) is 2.04. The molecule has 3 nitrogen and oxygen atoms in total. The second kappa shape index (κ2) is 7.10. The van der Waals surface area contributed by atoms with Gasteiger partial charge in [-0.2, -0.15) is 0 Å². The van der Waals surface area contributed by atoms with Gasteiger partial charge in [0, 0.05) is 24.5 Å². The summed E-state index contributed by atoms with van der Waals surface area (Å²) in [7, 11) is 1.91. The molecule has 106 valence electrons. The zero-order valence-electron chi connectivity index (χ0n) is 11.9. The van der Waals surface area contributed by atoms with E-state index in [1.54, 1.807) is 6.07 Å². The van der Waals surface area contributed by atoms with Crippen LogP contribution in [0, 0.1) is 5.41 Å². The number of aromatic hydroxyl groups is 1. The number of para-hydroxylation sites is 1. The van der Waals surface area contributed by atoms with Crippen LogP contribution in [0.2, 0.25) is 0 Å². The number of rotatable bonds is 2. The lowest BCUT2D eigenvalue weighted by Gasteiger charge is -2.03. The molecule has 3 heteroatoms. The number of phenolic OH excluding ortho intramolecular Hbond substituents is 1. The van der Waals surface area contributed by atoms with Crippen molar-refractivity contribution >= 4 is 22.7 Å².